The van der Waals surface area contributed by atoms with Gasteiger partial charge in [0.2, 0.25) is 5.91 Å². The quantitative estimate of drug-likeness (QED) is 0.609. The minimum atomic E-state index is -0.397. The van der Waals surface area contributed by atoms with Crippen molar-refractivity contribution in [3.8, 4) is 0 Å². The molecule has 4 heteroatoms. The van der Waals surface area contributed by atoms with Crippen LogP contribution in [-0.4, -0.2) is 19.6 Å². The van der Waals surface area contributed by atoms with Crippen molar-refractivity contribution in [2.24, 2.45) is 0 Å². The topological polar surface area (TPSA) is 38.3 Å². The Morgan fingerprint density at radius 2 is 1.46 bits per heavy atom. The van der Waals surface area contributed by atoms with Crippen LogP contribution < -0.4 is 5.32 Å². The maximum atomic E-state index is 13.5. The average Bonchev–Trinajstić information content (AvgIpc) is 2.74. The molecule has 3 nitrogen and oxygen atoms in total. The van der Waals surface area contributed by atoms with Gasteiger partial charge >= 0.3 is 0 Å². The lowest BCUT2D eigenvalue weighted by Gasteiger charge is -2.20. The van der Waals surface area contributed by atoms with Crippen molar-refractivity contribution in [1.29, 1.82) is 0 Å². The van der Waals surface area contributed by atoms with Crippen LogP contribution in [0, 0.1) is 5.82 Å². The lowest BCUT2D eigenvalue weighted by atomic mass is 9.88. The molecule has 0 aliphatic rings. The highest BCUT2D eigenvalue weighted by atomic mass is 19.1. The number of hydrogen-bond acceptors (Lipinski definition) is 2. The standard InChI is InChI=1S/C24H24FNO2/c1-28-23(20-13-8-14-21(25)15-20)17-26-24(27)16-22(18-9-4-2-5-10-18)19-11-6-3-7-12-19/h2-15,22-23H,16-17H2,1H3,(H,26,27)/t23-/m1/s1. The molecule has 144 valence electrons. The predicted molar refractivity (Wildman–Crippen MR) is 109 cm³/mol. The maximum Gasteiger partial charge on any atom is 0.221 e. The lowest BCUT2D eigenvalue weighted by Crippen LogP contribution is -2.30. The number of amides is 1. The van der Waals surface area contributed by atoms with Crippen LogP contribution in [-0.2, 0) is 9.53 Å². The Hall–Kier alpha value is -2.98. The van der Waals surface area contributed by atoms with E-state index in [1.807, 2.05) is 60.7 Å². The van der Waals surface area contributed by atoms with Crippen LogP contribution in [0.4, 0.5) is 4.39 Å². The third-order valence-electron chi connectivity index (χ3n) is 4.78. The molecule has 0 aliphatic carbocycles. The van der Waals surface area contributed by atoms with Gasteiger partial charge in [0.1, 0.15) is 5.82 Å². The Morgan fingerprint density at radius 1 is 0.893 bits per heavy atom. The van der Waals surface area contributed by atoms with Gasteiger partial charge in [0.25, 0.3) is 0 Å². The number of hydrogen-bond donors (Lipinski definition) is 1. The second-order valence-corrected chi connectivity index (χ2v) is 6.66. The van der Waals surface area contributed by atoms with Crippen LogP contribution in [0.3, 0.4) is 0 Å². The summed E-state index contributed by atoms with van der Waals surface area (Å²) in [5.74, 6) is -0.423. The van der Waals surface area contributed by atoms with Crippen molar-refractivity contribution in [1.82, 2.24) is 5.32 Å². The normalized spacial score (nSPS) is 12.0. The fourth-order valence-corrected chi connectivity index (χ4v) is 3.31. The number of ether oxygens (including phenoxy) is 1. The number of carbonyl (C=O) groups excluding carboxylic acids is 1. The van der Waals surface area contributed by atoms with Crippen LogP contribution in [0.5, 0.6) is 0 Å². The molecule has 3 rings (SSSR count). The molecular formula is C24H24FNO2. The summed E-state index contributed by atoms with van der Waals surface area (Å²) in [6.45, 7) is 0.287. The highest BCUT2D eigenvalue weighted by molar-refractivity contribution is 5.77. The van der Waals surface area contributed by atoms with Gasteiger partial charge in [-0.25, -0.2) is 4.39 Å². The van der Waals surface area contributed by atoms with Gasteiger partial charge in [-0.15, -0.1) is 0 Å². The van der Waals surface area contributed by atoms with Gasteiger partial charge in [-0.3, -0.25) is 4.79 Å². The first-order valence-corrected chi connectivity index (χ1v) is 9.32. The SMILES string of the molecule is CO[C@H](CNC(=O)CC(c1ccccc1)c1ccccc1)c1cccc(F)c1. The largest absolute Gasteiger partial charge is 0.375 e. The number of nitrogens with one attached hydrogen (secondary N) is 1. The van der Waals surface area contributed by atoms with Crippen LogP contribution in [0.15, 0.2) is 84.9 Å². The highest BCUT2D eigenvalue weighted by Gasteiger charge is 2.19. The summed E-state index contributed by atoms with van der Waals surface area (Å²) in [7, 11) is 1.55. The van der Waals surface area contributed by atoms with Gasteiger partial charge in [0.15, 0.2) is 0 Å². The van der Waals surface area contributed by atoms with Crippen molar-refractivity contribution >= 4 is 5.91 Å². The minimum absolute atomic E-state index is 0.0300. The molecule has 0 saturated carbocycles. The minimum Gasteiger partial charge on any atom is -0.375 e. The fourth-order valence-electron chi connectivity index (χ4n) is 3.31. The number of carbonyl (C=O) groups is 1. The van der Waals surface area contributed by atoms with Crippen LogP contribution in [0.25, 0.3) is 0 Å². The van der Waals surface area contributed by atoms with E-state index < -0.39 is 6.10 Å². The van der Waals surface area contributed by atoms with E-state index in [9.17, 15) is 9.18 Å². The molecule has 0 aliphatic heterocycles. The number of methoxy groups -OCH3 is 1. The molecule has 0 aromatic heterocycles. The highest BCUT2D eigenvalue weighted by Crippen LogP contribution is 2.28. The molecule has 3 aromatic carbocycles. The summed E-state index contributed by atoms with van der Waals surface area (Å²) in [5, 5.41) is 2.94. The predicted octanol–water partition coefficient (Wildman–Crippen LogP) is 4.85. The van der Waals surface area contributed by atoms with E-state index in [-0.39, 0.29) is 24.2 Å². The van der Waals surface area contributed by atoms with E-state index >= 15 is 0 Å². The molecule has 0 spiro atoms. The fraction of sp³-hybridized carbons (Fsp3) is 0.208. The molecule has 28 heavy (non-hydrogen) atoms. The molecule has 0 saturated heterocycles. The zero-order valence-corrected chi connectivity index (χ0v) is 15.8. The van der Waals surface area contributed by atoms with Crippen LogP contribution >= 0.6 is 0 Å². The Balaban J connectivity index is 1.68. The first-order valence-electron chi connectivity index (χ1n) is 9.32. The Morgan fingerprint density at radius 3 is 2.00 bits per heavy atom. The van der Waals surface area contributed by atoms with Gasteiger partial charge in [0, 0.05) is 26.0 Å². The summed E-state index contributed by atoms with van der Waals surface area (Å²) in [6.07, 6.45) is -0.0697. The summed E-state index contributed by atoms with van der Waals surface area (Å²) in [4.78, 5) is 12.7. The summed E-state index contributed by atoms with van der Waals surface area (Å²) in [6, 6.07) is 26.2. The van der Waals surface area contributed by atoms with Gasteiger partial charge < -0.3 is 10.1 Å². The Bertz CT molecular complexity index is 844. The number of rotatable bonds is 8. The van der Waals surface area contributed by atoms with Crippen molar-refractivity contribution in [3.05, 3.63) is 107 Å². The first kappa shape index (κ1) is 19.8. The van der Waals surface area contributed by atoms with Gasteiger partial charge in [-0.1, -0.05) is 72.8 Å². The second kappa shape index (κ2) is 9.81. The molecule has 0 bridgehead atoms. The zero-order chi connectivity index (χ0) is 19.8. The Labute approximate surface area is 165 Å². The van der Waals surface area contributed by atoms with Gasteiger partial charge in [-0.2, -0.15) is 0 Å². The zero-order valence-electron chi connectivity index (χ0n) is 15.8. The molecular weight excluding hydrogens is 353 g/mol. The summed E-state index contributed by atoms with van der Waals surface area (Å²) < 4.78 is 18.9. The van der Waals surface area contributed by atoms with E-state index in [0.29, 0.717) is 12.0 Å². The van der Waals surface area contributed by atoms with E-state index in [1.54, 1.807) is 19.2 Å². The first-order chi connectivity index (χ1) is 13.7. The third kappa shape index (κ3) is 5.27. The van der Waals surface area contributed by atoms with Crippen molar-refractivity contribution in [2.45, 2.75) is 18.4 Å². The molecule has 0 heterocycles. The molecule has 0 fully saturated rings. The van der Waals surface area contributed by atoms with Crippen LogP contribution in [0.2, 0.25) is 0 Å². The molecule has 1 atom stereocenters. The van der Waals surface area contributed by atoms with Gasteiger partial charge in [-0.05, 0) is 28.8 Å². The van der Waals surface area contributed by atoms with Crippen LogP contribution in [0.1, 0.15) is 35.1 Å². The molecule has 1 amide bonds. The monoisotopic (exact) mass is 377 g/mol. The van der Waals surface area contributed by atoms with E-state index in [4.69, 9.17) is 4.74 Å². The molecule has 0 radical (unpaired) electrons. The summed E-state index contributed by atoms with van der Waals surface area (Å²) in [5.41, 5.74) is 2.89. The third-order valence-corrected chi connectivity index (χ3v) is 4.78. The molecule has 3 aromatic rings. The second-order valence-electron chi connectivity index (χ2n) is 6.66. The van der Waals surface area contributed by atoms with Gasteiger partial charge in [0.05, 0.1) is 6.10 Å². The van der Waals surface area contributed by atoms with Crippen molar-refractivity contribution < 1.29 is 13.9 Å². The molecule has 0 unspecified atom stereocenters. The van der Waals surface area contributed by atoms with E-state index in [2.05, 4.69) is 5.32 Å². The van der Waals surface area contributed by atoms with E-state index in [0.717, 1.165) is 11.1 Å². The lowest BCUT2D eigenvalue weighted by molar-refractivity contribution is -0.121. The smallest absolute Gasteiger partial charge is 0.221 e. The number of halogens is 1. The average molecular weight is 377 g/mol. The number of benzene rings is 3. The van der Waals surface area contributed by atoms with Crippen molar-refractivity contribution in [3.63, 3.8) is 0 Å². The molecule has 1 N–H and O–H groups in total. The summed E-state index contributed by atoms with van der Waals surface area (Å²) >= 11 is 0. The van der Waals surface area contributed by atoms with E-state index in [1.165, 1.54) is 12.1 Å². The maximum absolute atomic E-state index is 13.5. The van der Waals surface area contributed by atoms with Crippen molar-refractivity contribution in [2.75, 3.05) is 13.7 Å². The Kier molecular flexibility index (Phi) is 6.93.